The lowest BCUT2D eigenvalue weighted by atomic mass is 9.85. The average Bonchev–Trinajstić information content (AvgIpc) is 2.98. The Kier molecular flexibility index (Phi) is 5.17. The van der Waals surface area contributed by atoms with Gasteiger partial charge in [-0.05, 0) is 43.0 Å². The van der Waals surface area contributed by atoms with Crippen LogP contribution in [0.4, 0.5) is 0 Å². The first-order chi connectivity index (χ1) is 11.3. The highest BCUT2D eigenvalue weighted by atomic mass is 16.5. The van der Waals surface area contributed by atoms with Crippen LogP contribution in [0.1, 0.15) is 50.7 Å². The average molecular weight is 332 g/mol. The Labute approximate surface area is 141 Å². The molecule has 0 saturated carbocycles. The fourth-order valence-corrected chi connectivity index (χ4v) is 2.35. The number of carboxylic acid groups (broad SMARTS) is 1. The molecule has 130 valence electrons. The third kappa shape index (κ3) is 3.69. The van der Waals surface area contributed by atoms with E-state index >= 15 is 0 Å². The van der Waals surface area contributed by atoms with Crippen molar-refractivity contribution < 1.29 is 19.4 Å². The van der Waals surface area contributed by atoms with Gasteiger partial charge in [-0.2, -0.15) is 5.10 Å². The van der Waals surface area contributed by atoms with E-state index in [0.717, 1.165) is 11.1 Å². The summed E-state index contributed by atoms with van der Waals surface area (Å²) in [6.07, 6.45) is 0. The molecule has 0 radical (unpaired) electrons. The molecule has 1 aromatic heterocycles. The summed E-state index contributed by atoms with van der Waals surface area (Å²) in [5.74, 6) is 0.168. The Morgan fingerprint density at radius 1 is 1.17 bits per heavy atom. The van der Waals surface area contributed by atoms with Crippen molar-refractivity contribution >= 4 is 5.97 Å². The summed E-state index contributed by atoms with van der Waals surface area (Å²) in [6, 6.07) is 5.46. The van der Waals surface area contributed by atoms with Crippen LogP contribution < -0.4 is 9.47 Å². The van der Waals surface area contributed by atoms with Crippen LogP contribution in [0.5, 0.6) is 11.5 Å². The van der Waals surface area contributed by atoms with Crippen molar-refractivity contribution in [3.8, 4) is 22.8 Å². The predicted molar refractivity (Wildman–Crippen MR) is 92.0 cm³/mol. The summed E-state index contributed by atoms with van der Waals surface area (Å²) in [7, 11) is 0. The van der Waals surface area contributed by atoms with Crippen LogP contribution in [-0.2, 0) is 5.41 Å². The van der Waals surface area contributed by atoms with E-state index < -0.39 is 5.97 Å². The molecule has 6 heteroatoms. The minimum atomic E-state index is -1.05. The van der Waals surface area contributed by atoms with Gasteiger partial charge in [0, 0.05) is 5.56 Å². The minimum absolute atomic E-state index is 0.0339. The number of hydrogen-bond acceptors (Lipinski definition) is 4. The van der Waals surface area contributed by atoms with Gasteiger partial charge in [-0.15, -0.1) is 0 Å². The van der Waals surface area contributed by atoms with Crippen molar-refractivity contribution in [3.05, 3.63) is 29.5 Å². The van der Waals surface area contributed by atoms with E-state index in [9.17, 15) is 4.79 Å². The first kappa shape index (κ1) is 17.8. The van der Waals surface area contributed by atoms with E-state index in [1.165, 1.54) is 6.07 Å². The van der Waals surface area contributed by atoms with Crippen molar-refractivity contribution in [2.24, 2.45) is 0 Å². The lowest BCUT2D eigenvalue weighted by molar-refractivity contribution is 0.0690. The van der Waals surface area contributed by atoms with Crippen LogP contribution in [0, 0.1) is 0 Å². The summed E-state index contributed by atoms with van der Waals surface area (Å²) in [5.41, 5.74) is 2.23. The monoisotopic (exact) mass is 332 g/mol. The molecule has 0 atom stereocenters. The van der Waals surface area contributed by atoms with Crippen molar-refractivity contribution in [2.45, 2.75) is 40.0 Å². The maximum absolute atomic E-state index is 11.1. The van der Waals surface area contributed by atoms with Crippen LogP contribution in [0.2, 0.25) is 0 Å². The summed E-state index contributed by atoms with van der Waals surface area (Å²) in [5, 5.41) is 15.8. The molecule has 0 bridgehead atoms. The molecule has 0 fully saturated rings. The smallest absolute Gasteiger partial charge is 0.353 e. The van der Waals surface area contributed by atoms with Crippen molar-refractivity contribution in [3.63, 3.8) is 0 Å². The maximum atomic E-state index is 11.1. The van der Waals surface area contributed by atoms with Crippen LogP contribution in [-0.4, -0.2) is 34.5 Å². The normalized spacial score (nSPS) is 11.4. The molecule has 2 rings (SSSR count). The standard InChI is InChI=1S/C18H24N2O4/c1-6-23-15-9-11(18(3,4)5)8-12(16(15)24-7-2)13-10-14(17(21)22)20-19-13/h8-10H,6-7H2,1-5H3,(H,19,20)(H,21,22). The van der Waals surface area contributed by atoms with Crippen LogP contribution >= 0.6 is 0 Å². The highest BCUT2D eigenvalue weighted by molar-refractivity contribution is 5.87. The number of ether oxygens (including phenoxy) is 2. The molecule has 0 aliphatic rings. The molecule has 1 aromatic carbocycles. The number of benzene rings is 1. The number of aromatic amines is 1. The van der Waals surface area contributed by atoms with Crippen LogP contribution in [0.3, 0.4) is 0 Å². The number of aromatic nitrogens is 2. The third-order valence-corrected chi connectivity index (χ3v) is 3.59. The molecule has 1 heterocycles. The van der Waals surface area contributed by atoms with Gasteiger partial charge in [0.15, 0.2) is 11.5 Å². The second-order valence-electron chi connectivity index (χ2n) is 6.44. The van der Waals surface area contributed by atoms with Gasteiger partial charge in [0.25, 0.3) is 0 Å². The van der Waals surface area contributed by atoms with Gasteiger partial charge < -0.3 is 14.6 Å². The van der Waals surface area contributed by atoms with E-state index in [2.05, 4.69) is 31.0 Å². The third-order valence-electron chi connectivity index (χ3n) is 3.59. The first-order valence-corrected chi connectivity index (χ1v) is 8.01. The Hall–Kier alpha value is -2.50. The minimum Gasteiger partial charge on any atom is -0.490 e. The predicted octanol–water partition coefficient (Wildman–Crippen LogP) is 3.87. The van der Waals surface area contributed by atoms with Gasteiger partial charge >= 0.3 is 5.97 Å². The second-order valence-corrected chi connectivity index (χ2v) is 6.44. The largest absolute Gasteiger partial charge is 0.490 e. The highest BCUT2D eigenvalue weighted by Gasteiger charge is 2.23. The van der Waals surface area contributed by atoms with E-state index in [1.54, 1.807) is 0 Å². The molecule has 0 amide bonds. The fourth-order valence-electron chi connectivity index (χ4n) is 2.35. The molecule has 0 aliphatic carbocycles. The van der Waals surface area contributed by atoms with Gasteiger partial charge in [-0.3, -0.25) is 5.10 Å². The number of carboxylic acids is 1. The SMILES string of the molecule is CCOc1cc(C(C)(C)C)cc(-c2cc(C(=O)O)[nH]n2)c1OCC. The molecular weight excluding hydrogens is 308 g/mol. The van der Waals surface area contributed by atoms with E-state index in [4.69, 9.17) is 14.6 Å². The molecule has 2 N–H and O–H groups in total. The Balaban J connectivity index is 2.68. The lowest BCUT2D eigenvalue weighted by Crippen LogP contribution is -2.12. The zero-order valence-corrected chi connectivity index (χ0v) is 14.8. The molecule has 24 heavy (non-hydrogen) atoms. The number of carbonyl (C=O) groups is 1. The van der Waals surface area contributed by atoms with Gasteiger partial charge in [-0.25, -0.2) is 4.79 Å². The molecule has 0 saturated heterocycles. The second kappa shape index (κ2) is 6.95. The van der Waals surface area contributed by atoms with E-state index in [1.807, 2.05) is 26.0 Å². The quantitative estimate of drug-likeness (QED) is 0.839. The maximum Gasteiger partial charge on any atom is 0.353 e. The highest BCUT2D eigenvalue weighted by Crippen LogP contribution is 2.42. The van der Waals surface area contributed by atoms with Crippen LogP contribution in [0.15, 0.2) is 18.2 Å². The fraction of sp³-hybridized carbons (Fsp3) is 0.444. The Bertz CT molecular complexity index is 729. The Morgan fingerprint density at radius 3 is 2.33 bits per heavy atom. The molecule has 2 aromatic rings. The Morgan fingerprint density at radius 2 is 1.83 bits per heavy atom. The van der Waals surface area contributed by atoms with Crippen molar-refractivity contribution in [2.75, 3.05) is 13.2 Å². The molecule has 0 unspecified atom stereocenters. The van der Waals surface area contributed by atoms with E-state index in [0.29, 0.717) is 30.4 Å². The number of nitrogens with zero attached hydrogens (tertiary/aromatic N) is 1. The van der Waals surface area contributed by atoms with Crippen molar-refractivity contribution in [1.29, 1.82) is 0 Å². The molecular formula is C18H24N2O4. The lowest BCUT2D eigenvalue weighted by Gasteiger charge is -2.23. The molecule has 6 nitrogen and oxygen atoms in total. The van der Waals surface area contributed by atoms with Gasteiger partial charge in [-0.1, -0.05) is 20.8 Å². The summed E-state index contributed by atoms with van der Waals surface area (Å²) >= 11 is 0. The molecule has 0 aliphatic heterocycles. The summed E-state index contributed by atoms with van der Waals surface area (Å²) < 4.78 is 11.5. The number of H-pyrrole nitrogens is 1. The topological polar surface area (TPSA) is 84.4 Å². The van der Waals surface area contributed by atoms with Crippen LogP contribution in [0.25, 0.3) is 11.3 Å². The summed E-state index contributed by atoms with van der Waals surface area (Å²) in [6.45, 7) is 11.1. The first-order valence-electron chi connectivity index (χ1n) is 8.01. The number of hydrogen-bond donors (Lipinski definition) is 2. The van der Waals surface area contributed by atoms with Gasteiger partial charge in [0.2, 0.25) is 0 Å². The number of aromatic carboxylic acids is 1. The molecule has 0 spiro atoms. The van der Waals surface area contributed by atoms with Gasteiger partial charge in [0.05, 0.1) is 18.9 Å². The zero-order valence-electron chi connectivity index (χ0n) is 14.8. The number of nitrogens with one attached hydrogen (secondary N) is 1. The summed E-state index contributed by atoms with van der Waals surface area (Å²) in [4.78, 5) is 11.1. The van der Waals surface area contributed by atoms with E-state index in [-0.39, 0.29) is 11.1 Å². The number of rotatable bonds is 6. The van der Waals surface area contributed by atoms with Gasteiger partial charge in [0.1, 0.15) is 5.69 Å². The zero-order chi connectivity index (χ0) is 17.9. The van der Waals surface area contributed by atoms with Crippen molar-refractivity contribution in [1.82, 2.24) is 10.2 Å².